The average Bonchev–Trinajstić information content (AvgIpc) is 1.99. The highest BCUT2D eigenvalue weighted by Gasteiger charge is 2.14. The Kier molecular flexibility index (Phi) is 5.24. The minimum atomic E-state index is -1.03. The van der Waals surface area contributed by atoms with Crippen molar-refractivity contribution >= 4 is 0 Å². The summed E-state index contributed by atoms with van der Waals surface area (Å²) in [5.41, 5.74) is 0. The second kappa shape index (κ2) is 5.98. The third kappa shape index (κ3) is 6.78. The molecule has 0 spiro atoms. The Morgan fingerprint density at radius 3 is 2.31 bits per heavy atom. The molecule has 0 heterocycles. The first kappa shape index (κ1) is 11.4. The molecule has 0 aliphatic heterocycles. The fourth-order valence-corrected chi connectivity index (χ4v) is 0.660. The normalized spacial score (nSPS) is 11.8. The molecule has 0 aromatic rings. The molecule has 0 fully saturated rings. The first-order valence-electron chi connectivity index (χ1n) is 3.44. The van der Waals surface area contributed by atoms with E-state index < -0.39 is 22.9 Å². The molecule has 0 amide bonds. The fourth-order valence-electron chi connectivity index (χ4n) is 0.660. The SMILES string of the molecule is [CH2]CCC(CO[N+](=O)[O-])O[N+](=O)[O-]. The van der Waals surface area contributed by atoms with Crippen molar-refractivity contribution in [3.8, 4) is 0 Å². The van der Waals surface area contributed by atoms with E-state index in [9.17, 15) is 20.2 Å². The largest absolute Gasteiger partial charge is 0.312 e. The Bertz CT molecular complexity index is 184. The van der Waals surface area contributed by atoms with Crippen molar-refractivity contribution in [1.82, 2.24) is 0 Å². The molecule has 1 unspecified atom stereocenters. The van der Waals surface area contributed by atoms with Crippen molar-refractivity contribution in [3.63, 3.8) is 0 Å². The molecule has 0 saturated carbocycles. The molecule has 13 heavy (non-hydrogen) atoms. The van der Waals surface area contributed by atoms with Gasteiger partial charge in [0.2, 0.25) is 0 Å². The van der Waals surface area contributed by atoms with E-state index in [1.54, 1.807) is 0 Å². The van der Waals surface area contributed by atoms with Gasteiger partial charge in [0, 0.05) is 0 Å². The van der Waals surface area contributed by atoms with E-state index >= 15 is 0 Å². The van der Waals surface area contributed by atoms with Crippen LogP contribution in [0.5, 0.6) is 0 Å². The van der Waals surface area contributed by atoms with E-state index in [-0.39, 0.29) is 6.42 Å². The lowest BCUT2D eigenvalue weighted by Crippen LogP contribution is -2.24. The van der Waals surface area contributed by atoms with Gasteiger partial charge in [-0.25, -0.2) is 0 Å². The van der Waals surface area contributed by atoms with Crippen LogP contribution < -0.4 is 0 Å². The Labute approximate surface area is 73.6 Å². The molecule has 0 aromatic carbocycles. The second-order valence-electron chi connectivity index (χ2n) is 2.11. The lowest BCUT2D eigenvalue weighted by Gasteiger charge is -2.11. The summed E-state index contributed by atoms with van der Waals surface area (Å²) in [6.07, 6.45) is -0.327. The standard InChI is InChI=1S/C5H9N2O6/c1-2-3-5(13-7(10)11)4-12-6(8)9/h5H,1-4H2. The fraction of sp³-hybridized carbons (Fsp3) is 0.800. The van der Waals surface area contributed by atoms with Crippen molar-refractivity contribution in [1.29, 1.82) is 0 Å². The van der Waals surface area contributed by atoms with Crippen LogP contribution in [0.15, 0.2) is 0 Å². The summed E-state index contributed by atoms with van der Waals surface area (Å²) in [4.78, 5) is 27.6. The number of nitrogens with zero attached hydrogens (tertiary/aromatic N) is 2. The topological polar surface area (TPSA) is 105 Å². The van der Waals surface area contributed by atoms with Crippen LogP contribution in [0.25, 0.3) is 0 Å². The molecule has 1 radical (unpaired) electrons. The van der Waals surface area contributed by atoms with Gasteiger partial charge in [-0.1, -0.05) is 13.3 Å². The molecule has 0 aliphatic rings. The molecule has 0 N–H and O–H groups in total. The smallest absolute Gasteiger partial charge is 0.294 e. The maximum Gasteiger partial charge on any atom is 0.294 e. The van der Waals surface area contributed by atoms with Gasteiger partial charge in [-0.2, -0.15) is 0 Å². The van der Waals surface area contributed by atoms with E-state index in [1.807, 2.05) is 0 Å². The van der Waals surface area contributed by atoms with E-state index in [0.717, 1.165) is 0 Å². The zero-order valence-electron chi connectivity index (χ0n) is 6.75. The highest BCUT2D eigenvalue weighted by molar-refractivity contribution is 4.54. The van der Waals surface area contributed by atoms with Crippen molar-refractivity contribution in [3.05, 3.63) is 27.2 Å². The molecule has 1 atom stereocenters. The molecule has 0 saturated heterocycles. The number of hydrogen-bond donors (Lipinski definition) is 0. The zero-order chi connectivity index (χ0) is 10.3. The molecule has 0 bridgehead atoms. The summed E-state index contributed by atoms with van der Waals surface area (Å²) in [5.74, 6) is 0. The van der Waals surface area contributed by atoms with Gasteiger partial charge in [0.25, 0.3) is 10.2 Å². The summed E-state index contributed by atoms with van der Waals surface area (Å²) >= 11 is 0. The van der Waals surface area contributed by atoms with E-state index in [4.69, 9.17) is 0 Å². The van der Waals surface area contributed by atoms with Crippen LogP contribution in [-0.4, -0.2) is 22.9 Å². The van der Waals surface area contributed by atoms with Crippen molar-refractivity contribution in [2.24, 2.45) is 0 Å². The summed E-state index contributed by atoms with van der Waals surface area (Å²) in [6.45, 7) is 2.98. The van der Waals surface area contributed by atoms with Crippen LogP contribution in [-0.2, 0) is 9.68 Å². The summed E-state index contributed by atoms with van der Waals surface area (Å²) in [5, 5.41) is 17.6. The van der Waals surface area contributed by atoms with Crippen molar-refractivity contribution < 1.29 is 19.8 Å². The molecular formula is C5H9N2O6. The second-order valence-corrected chi connectivity index (χ2v) is 2.11. The van der Waals surface area contributed by atoms with Crippen LogP contribution in [0.3, 0.4) is 0 Å². The summed E-state index contributed by atoms with van der Waals surface area (Å²) in [7, 11) is 0. The third-order valence-corrected chi connectivity index (χ3v) is 1.13. The van der Waals surface area contributed by atoms with Gasteiger partial charge in [0.1, 0.15) is 12.7 Å². The number of rotatable bonds is 7. The molecular weight excluding hydrogens is 184 g/mol. The van der Waals surface area contributed by atoms with Crippen molar-refractivity contribution in [2.75, 3.05) is 6.61 Å². The molecule has 0 aromatic heterocycles. The summed E-state index contributed by atoms with van der Waals surface area (Å²) in [6, 6.07) is 0. The summed E-state index contributed by atoms with van der Waals surface area (Å²) < 4.78 is 0. The average molecular weight is 193 g/mol. The highest BCUT2D eigenvalue weighted by atomic mass is 17.0. The van der Waals surface area contributed by atoms with Crippen LogP contribution in [0.4, 0.5) is 0 Å². The van der Waals surface area contributed by atoms with Crippen LogP contribution in [0, 0.1) is 27.2 Å². The van der Waals surface area contributed by atoms with Gasteiger partial charge in [-0.05, 0) is 6.42 Å². The van der Waals surface area contributed by atoms with Gasteiger partial charge >= 0.3 is 0 Å². The van der Waals surface area contributed by atoms with Crippen LogP contribution >= 0.6 is 0 Å². The highest BCUT2D eigenvalue weighted by Crippen LogP contribution is 2.02. The van der Waals surface area contributed by atoms with Crippen LogP contribution in [0.2, 0.25) is 0 Å². The minimum absolute atomic E-state index is 0.231. The third-order valence-electron chi connectivity index (χ3n) is 1.13. The van der Waals surface area contributed by atoms with E-state index in [1.165, 1.54) is 0 Å². The first-order chi connectivity index (χ1) is 6.06. The number of hydrogen-bond acceptors (Lipinski definition) is 6. The van der Waals surface area contributed by atoms with Gasteiger partial charge < -0.3 is 9.68 Å². The minimum Gasteiger partial charge on any atom is -0.312 e. The first-order valence-corrected chi connectivity index (χ1v) is 3.44. The van der Waals surface area contributed by atoms with E-state index in [2.05, 4.69) is 16.6 Å². The van der Waals surface area contributed by atoms with Gasteiger partial charge in [-0.3, -0.25) is 0 Å². The Morgan fingerprint density at radius 2 is 1.92 bits per heavy atom. The molecule has 8 heteroatoms. The lowest BCUT2D eigenvalue weighted by atomic mass is 10.2. The molecule has 75 valence electrons. The lowest BCUT2D eigenvalue weighted by molar-refractivity contribution is -0.790. The zero-order valence-corrected chi connectivity index (χ0v) is 6.75. The van der Waals surface area contributed by atoms with Gasteiger partial charge in [-0.15, -0.1) is 20.2 Å². The predicted molar refractivity (Wildman–Crippen MR) is 39.4 cm³/mol. The molecule has 0 rings (SSSR count). The molecule has 0 aliphatic carbocycles. The maximum atomic E-state index is 9.87. The molecule has 8 nitrogen and oxygen atoms in total. The van der Waals surface area contributed by atoms with E-state index in [0.29, 0.717) is 6.42 Å². The van der Waals surface area contributed by atoms with Crippen molar-refractivity contribution in [2.45, 2.75) is 18.9 Å². The van der Waals surface area contributed by atoms with Crippen LogP contribution in [0.1, 0.15) is 12.8 Å². The predicted octanol–water partition coefficient (Wildman–Crippen LogP) is 0.386. The monoisotopic (exact) mass is 193 g/mol. The maximum absolute atomic E-state index is 9.87. The Balaban J connectivity index is 3.79. The van der Waals surface area contributed by atoms with Gasteiger partial charge in [0.05, 0.1) is 0 Å². The Morgan fingerprint density at radius 1 is 1.31 bits per heavy atom. The van der Waals surface area contributed by atoms with Gasteiger partial charge in [0.15, 0.2) is 0 Å². The quantitative estimate of drug-likeness (QED) is 0.427. The Hall–Kier alpha value is -1.60.